The Morgan fingerprint density at radius 1 is 1.23 bits per heavy atom. The summed E-state index contributed by atoms with van der Waals surface area (Å²) in [6.45, 7) is 0. The van der Waals surface area contributed by atoms with Gasteiger partial charge in [-0.15, -0.1) is 0 Å². The molecule has 4 heteroatoms. The minimum atomic E-state index is -0.409. The molecule has 0 radical (unpaired) electrons. The van der Waals surface area contributed by atoms with Crippen LogP contribution in [-0.2, 0) is 0 Å². The van der Waals surface area contributed by atoms with Crippen LogP contribution in [-0.4, -0.2) is 5.11 Å². The summed E-state index contributed by atoms with van der Waals surface area (Å²) in [7, 11) is 0. The molecule has 0 saturated carbocycles. The molecule has 0 amide bonds. The van der Waals surface area contributed by atoms with E-state index in [0.29, 0.717) is 11.0 Å². The second-order valence-electron chi connectivity index (χ2n) is 2.56. The number of aromatic hydroxyl groups is 1. The fourth-order valence-electron chi connectivity index (χ4n) is 1.11. The summed E-state index contributed by atoms with van der Waals surface area (Å²) in [5, 5.41) is 10.1. The first-order chi connectivity index (χ1) is 6.18. The zero-order valence-electron chi connectivity index (χ0n) is 6.45. The zero-order chi connectivity index (χ0) is 9.42. The second kappa shape index (κ2) is 3.02. The van der Waals surface area contributed by atoms with Crippen LogP contribution in [0.25, 0.3) is 11.0 Å². The maximum atomic E-state index is 10.8. The molecule has 66 valence electrons. The van der Waals surface area contributed by atoms with Gasteiger partial charge < -0.3 is 9.52 Å². The van der Waals surface area contributed by atoms with E-state index < -0.39 is 5.63 Å². The molecule has 0 saturated heterocycles. The number of hydrogen-bond donors (Lipinski definition) is 1. The van der Waals surface area contributed by atoms with Gasteiger partial charge in [0.25, 0.3) is 0 Å². The zero-order valence-corrected chi connectivity index (χ0v) is 8.61. The van der Waals surface area contributed by atoms with Gasteiger partial charge in [-0.05, 0) is 40.8 Å². The molecule has 3 nitrogen and oxygen atoms in total. The third-order valence-electron chi connectivity index (χ3n) is 1.72. The highest BCUT2D eigenvalue weighted by Gasteiger charge is 2.05. The molecule has 0 aliphatic heterocycles. The first kappa shape index (κ1) is 8.55. The molecule has 0 aliphatic rings. The van der Waals surface area contributed by atoms with Gasteiger partial charge in [-0.2, -0.15) is 0 Å². The summed E-state index contributed by atoms with van der Waals surface area (Å²) in [5.41, 5.74) is -0.00137. The monoisotopic (exact) mass is 288 g/mol. The molecule has 0 fully saturated rings. The molecule has 2 rings (SSSR count). The van der Waals surface area contributed by atoms with Crippen LogP contribution < -0.4 is 5.63 Å². The van der Waals surface area contributed by atoms with E-state index in [0.717, 1.165) is 3.57 Å². The highest BCUT2D eigenvalue weighted by Crippen LogP contribution is 2.28. The third-order valence-corrected chi connectivity index (χ3v) is 2.59. The quantitative estimate of drug-likeness (QED) is 0.596. The Labute approximate surface area is 87.1 Å². The van der Waals surface area contributed by atoms with Gasteiger partial charge >= 0.3 is 5.63 Å². The highest BCUT2D eigenvalue weighted by molar-refractivity contribution is 14.1. The van der Waals surface area contributed by atoms with Crippen LogP contribution in [0.2, 0.25) is 0 Å². The van der Waals surface area contributed by atoms with Gasteiger partial charge in [0.05, 0.1) is 8.96 Å². The Morgan fingerprint density at radius 3 is 2.77 bits per heavy atom. The summed E-state index contributed by atoms with van der Waals surface area (Å²) in [6.07, 6.45) is 0. The Bertz CT molecular complexity index is 516. The van der Waals surface area contributed by atoms with Crippen molar-refractivity contribution >= 4 is 33.6 Å². The van der Waals surface area contributed by atoms with Crippen LogP contribution in [0.4, 0.5) is 0 Å². The van der Waals surface area contributed by atoms with Crippen molar-refractivity contribution in [1.29, 1.82) is 0 Å². The fourth-order valence-corrected chi connectivity index (χ4v) is 1.58. The number of hydrogen-bond acceptors (Lipinski definition) is 3. The summed E-state index contributed by atoms with van der Waals surface area (Å²) >= 11 is 2.01. The van der Waals surface area contributed by atoms with Crippen LogP contribution in [0.15, 0.2) is 33.5 Å². The van der Waals surface area contributed by atoms with Gasteiger partial charge in [-0.25, -0.2) is 4.79 Å². The Kier molecular flexibility index (Phi) is 1.99. The van der Waals surface area contributed by atoms with Crippen molar-refractivity contribution in [3.63, 3.8) is 0 Å². The van der Waals surface area contributed by atoms with Gasteiger partial charge in [0.15, 0.2) is 0 Å². The molecule has 2 aromatic rings. The van der Waals surface area contributed by atoms with Crippen molar-refractivity contribution in [2.24, 2.45) is 0 Å². The predicted octanol–water partition coefficient (Wildman–Crippen LogP) is 2.10. The fraction of sp³-hybridized carbons (Fsp3) is 0. The maximum absolute atomic E-state index is 10.8. The minimum Gasteiger partial charge on any atom is -0.506 e. The van der Waals surface area contributed by atoms with E-state index >= 15 is 0 Å². The SMILES string of the molecule is O=c1ccc2c(O)c(I)ccc2o1. The predicted molar refractivity (Wildman–Crippen MR) is 56.9 cm³/mol. The molecule has 0 spiro atoms. The van der Waals surface area contributed by atoms with Gasteiger partial charge in [0, 0.05) is 6.07 Å². The number of rotatable bonds is 0. The smallest absolute Gasteiger partial charge is 0.336 e. The number of phenolic OH excluding ortho intramolecular Hbond substituents is 1. The molecule has 1 aromatic heterocycles. The summed E-state index contributed by atoms with van der Waals surface area (Å²) in [6, 6.07) is 6.20. The van der Waals surface area contributed by atoms with E-state index in [4.69, 9.17) is 4.42 Å². The molecular weight excluding hydrogens is 283 g/mol. The van der Waals surface area contributed by atoms with Crippen LogP contribution >= 0.6 is 22.6 Å². The molecule has 1 aromatic carbocycles. The average Bonchev–Trinajstić information content (AvgIpc) is 2.12. The molecule has 0 atom stereocenters. The molecular formula is C9H5IO3. The van der Waals surface area contributed by atoms with Gasteiger partial charge in [0.1, 0.15) is 11.3 Å². The van der Waals surface area contributed by atoms with Gasteiger partial charge in [-0.1, -0.05) is 0 Å². The van der Waals surface area contributed by atoms with Gasteiger partial charge in [-0.3, -0.25) is 0 Å². The average molecular weight is 288 g/mol. The molecule has 0 bridgehead atoms. The lowest BCUT2D eigenvalue weighted by Crippen LogP contribution is -1.94. The van der Waals surface area contributed by atoms with Crippen molar-refractivity contribution in [2.75, 3.05) is 0 Å². The first-order valence-corrected chi connectivity index (χ1v) is 4.68. The van der Waals surface area contributed by atoms with Gasteiger partial charge in [0.2, 0.25) is 0 Å². The molecule has 0 unspecified atom stereocenters. The summed E-state index contributed by atoms with van der Waals surface area (Å²) < 4.78 is 5.61. The lowest BCUT2D eigenvalue weighted by Gasteiger charge is -2.00. The molecule has 13 heavy (non-hydrogen) atoms. The summed E-state index contributed by atoms with van der Waals surface area (Å²) in [5.74, 6) is 0.154. The van der Waals surface area contributed by atoms with Crippen molar-refractivity contribution in [3.05, 3.63) is 38.3 Å². The molecule has 0 aliphatic carbocycles. The van der Waals surface area contributed by atoms with E-state index in [-0.39, 0.29) is 5.75 Å². The van der Waals surface area contributed by atoms with Crippen LogP contribution in [0.1, 0.15) is 0 Å². The van der Waals surface area contributed by atoms with E-state index in [2.05, 4.69) is 0 Å². The van der Waals surface area contributed by atoms with E-state index in [9.17, 15) is 9.90 Å². The first-order valence-electron chi connectivity index (χ1n) is 3.60. The standard InChI is InChI=1S/C9H5IO3/c10-6-2-3-7-5(9(6)12)1-4-8(11)13-7/h1-4,12H. The van der Waals surface area contributed by atoms with E-state index in [1.54, 1.807) is 18.2 Å². The second-order valence-corrected chi connectivity index (χ2v) is 3.72. The highest BCUT2D eigenvalue weighted by atomic mass is 127. The van der Waals surface area contributed by atoms with Crippen molar-refractivity contribution in [1.82, 2.24) is 0 Å². The van der Waals surface area contributed by atoms with E-state index in [1.807, 2.05) is 22.6 Å². The Morgan fingerprint density at radius 2 is 2.00 bits per heavy atom. The minimum absolute atomic E-state index is 0.154. The van der Waals surface area contributed by atoms with Crippen LogP contribution in [0.5, 0.6) is 5.75 Å². The third kappa shape index (κ3) is 1.41. The van der Waals surface area contributed by atoms with Crippen LogP contribution in [0.3, 0.4) is 0 Å². The van der Waals surface area contributed by atoms with Crippen LogP contribution in [0, 0.1) is 3.57 Å². The largest absolute Gasteiger partial charge is 0.506 e. The lowest BCUT2D eigenvalue weighted by atomic mass is 10.2. The number of phenols is 1. The Balaban J connectivity index is 2.95. The normalized spacial score (nSPS) is 10.5. The van der Waals surface area contributed by atoms with Crippen molar-refractivity contribution in [2.45, 2.75) is 0 Å². The maximum Gasteiger partial charge on any atom is 0.336 e. The topological polar surface area (TPSA) is 50.4 Å². The number of halogens is 1. The molecule has 1 N–H and O–H groups in total. The van der Waals surface area contributed by atoms with Crippen molar-refractivity contribution < 1.29 is 9.52 Å². The van der Waals surface area contributed by atoms with E-state index in [1.165, 1.54) is 6.07 Å². The number of fused-ring (bicyclic) bond motifs is 1. The number of benzene rings is 1. The summed E-state index contributed by atoms with van der Waals surface area (Å²) in [4.78, 5) is 10.8. The Hall–Kier alpha value is -1.04. The molecule has 1 heterocycles. The van der Waals surface area contributed by atoms with Crippen molar-refractivity contribution in [3.8, 4) is 5.75 Å². The lowest BCUT2D eigenvalue weighted by molar-refractivity contribution is 0.475.